The average Bonchev–Trinajstić information content (AvgIpc) is 2.29. The second-order valence-electron chi connectivity index (χ2n) is 4.12. The summed E-state index contributed by atoms with van der Waals surface area (Å²) >= 11 is 0. The molecule has 20 heavy (non-hydrogen) atoms. The molecule has 1 unspecified atom stereocenters. The first kappa shape index (κ1) is 14.6. The summed E-state index contributed by atoms with van der Waals surface area (Å²) in [6, 6.07) is 2.26. The number of aromatic nitrogens is 1. The van der Waals surface area contributed by atoms with Crippen molar-refractivity contribution >= 4 is 16.1 Å². The van der Waals surface area contributed by atoms with Crippen LogP contribution in [0.25, 0.3) is 0 Å². The van der Waals surface area contributed by atoms with Crippen LogP contribution in [0, 0.1) is 5.92 Å². The summed E-state index contributed by atoms with van der Waals surface area (Å²) in [6.45, 7) is 1.61. The molecule has 0 aromatic carbocycles. The van der Waals surface area contributed by atoms with E-state index in [1.807, 2.05) is 0 Å². The molecule has 10 heteroatoms. The predicted octanol–water partition coefficient (Wildman–Crippen LogP) is 1.41. The first-order valence-corrected chi connectivity index (χ1v) is 6.73. The van der Waals surface area contributed by atoms with E-state index in [0.29, 0.717) is 12.0 Å². The molecule has 1 aromatic heterocycles. The van der Waals surface area contributed by atoms with Crippen molar-refractivity contribution in [3.63, 3.8) is 0 Å². The van der Waals surface area contributed by atoms with E-state index >= 15 is 0 Å². The van der Waals surface area contributed by atoms with Gasteiger partial charge in [-0.15, -0.1) is 0 Å². The number of rotatable bonds is 2. The van der Waals surface area contributed by atoms with Gasteiger partial charge in [0.25, 0.3) is 0 Å². The number of hydrogen-bond acceptors (Lipinski definition) is 6. The second kappa shape index (κ2) is 4.62. The molecule has 0 fully saturated rings. The van der Waals surface area contributed by atoms with Crippen LogP contribution in [0.5, 0.6) is 11.8 Å². The predicted molar refractivity (Wildman–Crippen MR) is 58.3 cm³/mol. The molecule has 0 N–H and O–H groups in total. The molecule has 0 aliphatic carbocycles. The lowest BCUT2D eigenvalue weighted by Crippen LogP contribution is -2.29. The second-order valence-corrected chi connectivity index (χ2v) is 5.66. The Balaban J connectivity index is 2.29. The number of alkyl halides is 3. The van der Waals surface area contributed by atoms with Gasteiger partial charge in [-0.1, -0.05) is 6.92 Å². The highest BCUT2D eigenvalue weighted by molar-refractivity contribution is 7.87. The lowest BCUT2D eigenvalue weighted by Gasteiger charge is -2.19. The van der Waals surface area contributed by atoms with Gasteiger partial charge in [0.05, 0.1) is 5.92 Å². The SMILES string of the molecule is CC1Cc2ccc(OS(=O)(=O)C(F)(F)F)nc2OC1=O. The molecule has 2 rings (SSSR count). The van der Waals surface area contributed by atoms with Gasteiger partial charge in [-0.3, -0.25) is 4.79 Å². The summed E-state index contributed by atoms with van der Waals surface area (Å²) in [5, 5.41) is 0. The van der Waals surface area contributed by atoms with Gasteiger partial charge in [0, 0.05) is 11.6 Å². The molecule has 0 radical (unpaired) electrons. The number of hydrogen-bond donors (Lipinski definition) is 0. The molecule has 2 heterocycles. The zero-order valence-electron chi connectivity index (χ0n) is 9.97. The molecule has 1 aromatic rings. The van der Waals surface area contributed by atoms with Gasteiger partial charge in [-0.2, -0.15) is 26.6 Å². The molecule has 0 saturated carbocycles. The minimum absolute atomic E-state index is 0.247. The maximum Gasteiger partial charge on any atom is 0.534 e. The summed E-state index contributed by atoms with van der Waals surface area (Å²) < 4.78 is 66.7. The highest BCUT2D eigenvalue weighted by Crippen LogP contribution is 2.31. The van der Waals surface area contributed by atoms with Crippen LogP contribution >= 0.6 is 0 Å². The van der Waals surface area contributed by atoms with Crippen LogP contribution in [0.1, 0.15) is 12.5 Å². The minimum atomic E-state index is -5.80. The summed E-state index contributed by atoms with van der Waals surface area (Å²) in [7, 11) is -5.80. The van der Waals surface area contributed by atoms with Crippen LogP contribution in [-0.2, 0) is 21.3 Å². The largest absolute Gasteiger partial charge is 0.534 e. The van der Waals surface area contributed by atoms with Crippen molar-refractivity contribution in [2.45, 2.75) is 18.9 Å². The van der Waals surface area contributed by atoms with E-state index in [4.69, 9.17) is 4.74 Å². The Morgan fingerprint density at radius 2 is 2.05 bits per heavy atom. The number of halogens is 3. The molecule has 110 valence electrons. The quantitative estimate of drug-likeness (QED) is 0.466. The summed E-state index contributed by atoms with van der Waals surface area (Å²) in [5.74, 6) is -2.07. The standard InChI is InChI=1S/C10H8F3NO5S/c1-5-4-6-2-3-7(14-8(6)18-9(5)15)19-20(16,17)10(11,12)13/h2-3,5H,4H2,1H3. The highest BCUT2D eigenvalue weighted by Gasteiger charge is 2.49. The zero-order valence-corrected chi connectivity index (χ0v) is 10.8. The van der Waals surface area contributed by atoms with Crippen LogP contribution < -0.4 is 8.92 Å². The minimum Gasteiger partial charge on any atom is -0.407 e. The van der Waals surface area contributed by atoms with Gasteiger partial charge in [0.15, 0.2) is 0 Å². The third-order valence-electron chi connectivity index (χ3n) is 2.52. The Hall–Kier alpha value is -1.84. The first-order chi connectivity index (χ1) is 9.10. The smallest absolute Gasteiger partial charge is 0.407 e. The Morgan fingerprint density at radius 1 is 1.40 bits per heavy atom. The summed E-state index contributed by atoms with van der Waals surface area (Å²) in [4.78, 5) is 14.8. The first-order valence-electron chi connectivity index (χ1n) is 5.32. The molecular weight excluding hydrogens is 303 g/mol. The number of ether oxygens (including phenoxy) is 1. The fraction of sp³-hybridized carbons (Fsp3) is 0.400. The topological polar surface area (TPSA) is 82.6 Å². The average molecular weight is 311 g/mol. The van der Waals surface area contributed by atoms with E-state index in [2.05, 4.69) is 9.17 Å². The van der Waals surface area contributed by atoms with Crippen molar-refractivity contribution in [1.29, 1.82) is 0 Å². The number of pyridine rings is 1. The molecule has 1 aliphatic heterocycles. The van der Waals surface area contributed by atoms with E-state index in [1.165, 1.54) is 6.07 Å². The summed E-state index contributed by atoms with van der Waals surface area (Å²) in [5.41, 5.74) is -5.08. The van der Waals surface area contributed by atoms with Crippen molar-refractivity contribution in [3.05, 3.63) is 17.7 Å². The summed E-state index contributed by atoms with van der Waals surface area (Å²) in [6.07, 6.45) is 0.299. The molecule has 1 aliphatic rings. The molecule has 6 nitrogen and oxygen atoms in total. The van der Waals surface area contributed by atoms with Crippen molar-refractivity contribution in [1.82, 2.24) is 4.98 Å². The van der Waals surface area contributed by atoms with Gasteiger partial charge in [-0.05, 0) is 12.5 Å². The molecule has 0 saturated heterocycles. The third-order valence-corrected chi connectivity index (χ3v) is 3.47. The molecule has 0 spiro atoms. The number of esters is 1. The van der Waals surface area contributed by atoms with Crippen molar-refractivity contribution in [3.8, 4) is 11.8 Å². The van der Waals surface area contributed by atoms with Crippen LogP contribution in [0.4, 0.5) is 13.2 Å². The number of nitrogens with zero attached hydrogens (tertiary/aromatic N) is 1. The van der Waals surface area contributed by atoms with E-state index in [1.54, 1.807) is 6.92 Å². The van der Waals surface area contributed by atoms with Crippen LogP contribution in [0.2, 0.25) is 0 Å². The van der Waals surface area contributed by atoms with Crippen molar-refractivity contribution < 1.29 is 35.3 Å². The van der Waals surface area contributed by atoms with E-state index in [0.717, 1.165) is 6.07 Å². The van der Waals surface area contributed by atoms with Gasteiger partial charge in [-0.25, -0.2) is 0 Å². The van der Waals surface area contributed by atoms with Gasteiger partial charge < -0.3 is 8.92 Å². The van der Waals surface area contributed by atoms with Crippen LogP contribution in [-0.4, -0.2) is 24.9 Å². The Morgan fingerprint density at radius 3 is 2.65 bits per heavy atom. The Bertz CT molecular complexity index is 655. The number of fused-ring (bicyclic) bond motifs is 1. The zero-order chi connectivity index (χ0) is 15.1. The maximum atomic E-state index is 12.1. The van der Waals surface area contributed by atoms with E-state index in [-0.39, 0.29) is 5.88 Å². The Labute approximate surface area is 111 Å². The highest BCUT2D eigenvalue weighted by atomic mass is 32.2. The Kier molecular flexibility index (Phi) is 3.36. The fourth-order valence-corrected chi connectivity index (χ4v) is 1.92. The van der Waals surface area contributed by atoms with Crippen LogP contribution in [0.15, 0.2) is 12.1 Å². The molecule has 0 bridgehead atoms. The van der Waals surface area contributed by atoms with Gasteiger partial charge >= 0.3 is 21.6 Å². The van der Waals surface area contributed by atoms with Crippen LogP contribution in [0.3, 0.4) is 0 Å². The lowest BCUT2D eigenvalue weighted by molar-refractivity contribution is -0.139. The van der Waals surface area contributed by atoms with E-state index in [9.17, 15) is 26.4 Å². The number of carbonyl (C=O) groups is 1. The van der Waals surface area contributed by atoms with E-state index < -0.39 is 33.4 Å². The maximum absolute atomic E-state index is 12.1. The molecule has 0 amide bonds. The van der Waals surface area contributed by atoms with Crippen molar-refractivity contribution in [2.75, 3.05) is 0 Å². The van der Waals surface area contributed by atoms with Crippen molar-refractivity contribution in [2.24, 2.45) is 5.92 Å². The molecule has 1 atom stereocenters. The van der Waals surface area contributed by atoms with Gasteiger partial charge in [0.2, 0.25) is 11.8 Å². The molecular formula is C10H8F3NO5S. The number of carbonyl (C=O) groups excluding carboxylic acids is 1. The lowest BCUT2D eigenvalue weighted by atomic mass is 10.0. The third kappa shape index (κ3) is 2.69. The fourth-order valence-electron chi connectivity index (χ4n) is 1.51. The van der Waals surface area contributed by atoms with Gasteiger partial charge in [0.1, 0.15) is 0 Å². The monoisotopic (exact) mass is 311 g/mol. The normalized spacial score (nSPS) is 19.2.